The summed E-state index contributed by atoms with van der Waals surface area (Å²) >= 11 is 0. The quantitative estimate of drug-likeness (QED) is 0.829. The van der Waals surface area contributed by atoms with E-state index in [0.717, 1.165) is 25.9 Å². The maximum atomic E-state index is 11.6. The Morgan fingerprint density at radius 2 is 2.00 bits per heavy atom. The second kappa shape index (κ2) is 7.47. The van der Waals surface area contributed by atoms with Crippen LogP contribution in [0.2, 0.25) is 0 Å². The zero-order valence-electron chi connectivity index (χ0n) is 13.2. The predicted octanol–water partition coefficient (Wildman–Crippen LogP) is 1.37. The van der Waals surface area contributed by atoms with Crippen LogP contribution in [0.3, 0.4) is 0 Å². The number of benzene rings is 1. The summed E-state index contributed by atoms with van der Waals surface area (Å²) in [4.78, 5) is 13.9. The molecule has 0 aliphatic carbocycles. The van der Waals surface area contributed by atoms with E-state index < -0.39 is 12.1 Å². The number of hydrogen-bond acceptors (Lipinski definition) is 6. The standard InChI is InChI=1S/C16H23NO5/c1-17-9-7-11(8-10-17)22-15-12(14(18)16(19)21-3)5-4-6-13(15)20-2/h4-6,11,14,18H,7-10H2,1-3H3. The first-order valence-electron chi connectivity index (χ1n) is 7.34. The molecule has 6 nitrogen and oxygen atoms in total. The summed E-state index contributed by atoms with van der Waals surface area (Å²) in [5.74, 6) is 0.193. The molecule has 1 heterocycles. The van der Waals surface area contributed by atoms with Gasteiger partial charge < -0.3 is 24.2 Å². The normalized spacial score (nSPS) is 17.8. The van der Waals surface area contributed by atoms with Crippen molar-refractivity contribution >= 4 is 5.97 Å². The van der Waals surface area contributed by atoms with Crippen LogP contribution in [-0.4, -0.2) is 56.4 Å². The van der Waals surface area contributed by atoms with Crippen molar-refractivity contribution in [3.05, 3.63) is 23.8 Å². The largest absolute Gasteiger partial charge is 0.493 e. The Balaban J connectivity index is 2.25. The van der Waals surface area contributed by atoms with Crippen molar-refractivity contribution in [1.82, 2.24) is 4.90 Å². The number of carbonyl (C=O) groups is 1. The Bertz CT molecular complexity index is 511. The van der Waals surface area contributed by atoms with Crippen LogP contribution in [0, 0.1) is 0 Å². The molecule has 1 aromatic rings. The smallest absolute Gasteiger partial charge is 0.339 e. The fraction of sp³-hybridized carbons (Fsp3) is 0.562. The summed E-state index contributed by atoms with van der Waals surface area (Å²) in [6, 6.07) is 5.11. The second-order valence-electron chi connectivity index (χ2n) is 5.42. The van der Waals surface area contributed by atoms with Crippen molar-refractivity contribution in [2.24, 2.45) is 0 Å². The highest BCUT2D eigenvalue weighted by Crippen LogP contribution is 2.37. The molecule has 1 aliphatic heterocycles. The van der Waals surface area contributed by atoms with Crippen LogP contribution in [0.5, 0.6) is 11.5 Å². The molecule has 122 valence electrons. The molecule has 1 saturated heterocycles. The van der Waals surface area contributed by atoms with Crippen molar-refractivity contribution in [3.8, 4) is 11.5 Å². The van der Waals surface area contributed by atoms with Gasteiger partial charge in [0.15, 0.2) is 17.6 Å². The number of ether oxygens (including phenoxy) is 3. The predicted molar refractivity (Wildman–Crippen MR) is 81.1 cm³/mol. The van der Waals surface area contributed by atoms with Gasteiger partial charge in [-0.2, -0.15) is 0 Å². The van der Waals surface area contributed by atoms with Crippen LogP contribution in [-0.2, 0) is 9.53 Å². The van der Waals surface area contributed by atoms with E-state index in [4.69, 9.17) is 9.47 Å². The number of methoxy groups -OCH3 is 2. The van der Waals surface area contributed by atoms with Gasteiger partial charge >= 0.3 is 5.97 Å². The Kier molecular flexibility index (Phi) is 5.63. The number of aliphatic hydroxyl groups excluding tert-OH is 1. The first-order valence-corrected chi connectivity index (χ1v) is 7.34. The van der Waals surface area contributed by atoms with Crippen molar-refractivity contribution in [2.45, 2.75) is 25.0 Å². The van der Waals surface area contributed by atoms with Gasteiger partial charge in [-0.05, 0) is 26.0 Å². The Morgan fingerprint density at radius 1 is 1.32 bits per heavy atom. The molecule has 0 spiro atoms. The van der Waals surface area contributed by atoms with E-state index in [1.165, 1.54) is 14.2 Å². The van der Waals surface area contributed by atoms with Crippen LogP contribution >= 0.6 is 0 Å². The van der Waals surface area contributed by atoms with Gasteiger partial charge in [0.25, 0.3) is 0 Å². The molecule has 0 amide bonds. The number of esters is 1. The summed E-state index contributed by atoms with van der Waals surface area (Å²) in [6.45, 7) is 1.91. The highest BCUT2D eigenvalue weighted by atomic mass is 16.5. The number of para-hydroxylation sites is 1. The molecule has 0 bridgehead atoms. The van der Waals surface area contributed by atoms with Gasteiger partial charge in [0.1, 0.15) is 6.10 Å². The summed E-state index contributed by atoms with van der Waals surface area (Å²) in [5.41, 5.74) is 0.366. The number of carbonyl (C=O) groups excluding carboxylic acids is 1. The second-order valence-corrected chi connectivity index (χ2v) is 5.42. The first-order chi connectivity index (χ1) is 10.6. The van der Waals surface area contributed by atoms with Gasteiger partial charge in [0, 0.05) is 18.7 Å². The Labute approximate surface area is 130 Å². The van der Waals surface area contributed by atoms with Crippen molar-refractivity contribution in [1.29, 1.82) is 0 Å². The Hall–Kier alpha value is -1.79. The molecule has 1 N–H and O–H groups in total. The van der Waals surface area contributed by atoms with Gasteiger partial charge in [-0.25, -0.2) is 4.79 Å². The van der Waals surface area contributed by atoms with E-state index in [1.807, 2.05) is 0 Å². The van der Waals surface area contributed by atoms with E-state index in [9.17, 15) is 9.90 Å². The maximum absolute atomic E-state index is 11.6. The van der Waals surface area contributed by atoms with Crippen molar-refractivity contribution in [2.75, 3.05) is 34.4 Å². The van der Waals surface area contributed by atoms with E-state index in [-0.39, 0.29) is 6.10 Å². The average Bonchev–Trinajstić information content (AvgIpc) is 2.55. The molecular formula is C16H23NO5. The number of likely N-dealkylation sites (tertiary alicyclic amines) is 1. The molecule has 0 aromatic heterocycles. The molecule has 1 atom stereocenters. The summed E-state index contributed by atoms with van der Waals surface area (Å²) in [6.07, 6.45) is 0.433. The number of hydrogen-bond donors (Lipinski definition) is 1. The fourth-order valence-electron chi connectivity index (χ4n) is 2.54. The van der Waals surface area contributed by atoms with Crippen LogP contribution in [0.1, 0.15) is 24.5 Å². The summed E-state index contributed by atoms with van der Waals surface area (Å²) in [5, 5.41) is 10.1. The minimum atomic E-state index is -1.39. The van der Waals surface area contributed by atoms with Gasteiger partial charge in [0.05, 0.1) is 14.2 Å². The first kappa shape index (κ1) is 16.6. The minimum absolute atomic E-state index is 0.0381. The van der Waals surface area contributed by atoms with Crippen LogP contribution in [0.25, 0.3) is 0 Å². The maximum Gasteiger partial charge on any atom is 0.339 e. The van der Waals surface area contributed by atoms with Crippen LogP contribution in [0.15, 0.2) is 18.2 Å². The molecule has 22 heavy (non-hydrogen) atoms. The van der Waals surface area contributed by atoms with Crippen LogP contribution in [0.4, 0.5) is 0 Å². The third kappa shape index (κ3) is 3.69. The lowest BCUT2D eigenvalue weighted by molar-refractivity contribution is -0.150. The number of aliphatic hydroxyl groups is 1. The third-order valence-electron chi connectivity index (χ3n) is 3.90. The van der Waals surface area contributed by atoms with E-state index >= 15 is 0 Å². The molecule has 1 aromatic carbocycles. The van der Waals surface area contributed by atoms with Crippen LogP contribution < -0.4 is 9.47 Å². The van der Waals surface area contributed by atoms with Gasteiger partial charge in [-0.1, -0.05) is 12.1 Å². The van der Waals surface area contributed by atoms with Gasteiger partial charge in [-0.15, -0.1) is 0 Å². The van der Waals surface area contributed by atoms with Crippen molar-refractivity contribution in [3.63, 3.8) is 0 Å². The summed E-state index contributed by atoms with van der Waals surface area (Å²) in [7, 11) is 4.85. The van der Waals surface area contributed by atoms with Gasteiger partial charge in [0.2, 0.25) is 0 Å². The lowest BCUT2D eigenvalue weighted by Gasteiger charge is -2.30. The van der Waals surface area contributed by atoms with E-state index in [1.54, 1.807) is 18.2 Å². The molecule has 1 fully saturated rings. The highest BCUT2D eigenvalue weighted by Gasteiger charge is 2.27. The highest BCUT2D eigenvalue weighted by molar-refractivity contribution is 5.77. The Morgan fingerprint density at radius 3 is 2.59 bits per heavy atom. The molecule has 2 rings (SSSR count). The molecule has 0 saturated carbocycles. The van der Waals surface area contributed by atoms with Gasteiger partial charge in [-0.3, -0.25) is 0 Å². The summed E-state index contributed by atoms with van der Waals surface area (Å²) < 4.78 is 16.0. The monoisotopic (exact) mass is 309 g/mol. The SMILES string of the molecule is COC(=O)C(O)c1cccc(OC)c1OC1CCN(C)CC1. The lowest BCUT2D eigenvalue weighted by Crippen LogP contribution is -2.36. The average molecular weight is 309 g/mol. The van der Waals surface area contributed by atoms with Crippen molar-refractivity contribution < 1.29 is 24.1 Å². The molecule has 6 heteroatoms. The minimum Gasteiger partial charge on any atom is -0.493 e. The number of piperidine rings is 1. The number of nitrogens with zero attached hydrogens (tertiary/aromatic N) is 1. The zero-order chi connectivity index (χ0) is 16.1. The molecule has 0 radical (unpaired) electrons. The van der Waals surface area contributed by atoms with E-state index in [0.29, 0.717) is 17.1 Å². The fourth-order valence-corrected chi connectivity index (χ4v) is 2.54. The molecule has 1 unspecified atom stereocenters. The topological polar surface area (TPSA) is 68.2 Å². The van der Waals surface area contributed by atoms with E-state index in [2.05, 4.69) is 16.7 Å². The lowest BCUT2D eigenvalue weighted by atomic mass is 10.1. The molecular weight excluding hydrogens is 286 g/mol. The molecule has 1 aliphatic rings. The third-order valence-corrected chi connectivity index (χ3v) is 3.90. The zero-order valence-corrected chi connectivity index (χ0v) is 13.2. The number of rotatable bonds is 5.